The third kappa shape index (κ3) is 4.44. The van der Waals surface area contributed by atoms with E-state index in [4.69, 9.17) is 0 Å². The lowest BCUT2D eigenvalue weighted by atomic mass is 10.1. The zero-order chi connectivity index (χ0) is 12.1. The number of hydrogen-bond donors (Lipinski definition) is 1. The summed E-state index contributed by atoms with van der Waals surface area (Å²) in [6, 6.07) is 9.24. The average Bonchev–Trinajstić information content (AvgIpc) is 2.83. The van der Waals surface area contributed by atoms with Crippen LogP contribution in [0.15, 0.2) is 28.7 Å². The van der Waals surface area contributed by atoms with Crippen molar-refractivity contribution in [2.75, 3.05) is 6.54 Å². The van der Waals surface area contributed by atoms with Gasteiger partial charge in [0, 0.05) is 10.5 Å². The summed E-state index contributed by atoms with van der Waals surface area (Å²) in [6.07, 6.45) is 6.86. The van der Waals surface area contributed by atoms with Crippen molar-refractivity contribution in [1.82, 2.24) is 5.32 Å². The van der Waals surface area contributed by atoms with Crippen LogP contribution in [0.5, 0.6) is 0 Å². The molecule has 0 spiro atoms. The van der Waals surface area contributed by atoms with Crippen molar-refractivity contribution in [2.45, 2.75) is 45.1 Å². The van der Waals surface area contributed by atoms with Crippen LogP contribution in [0, 0.1) is 5.92 Å². The number of hydrogen-bond acceptors (Lipinski definition) is 1. The van der Waals surface area contributed by atoms with E-state index in [1.165, 1.54) is 37.8 Å². The second-order valence-electron chi connectivity index (χ2n) is 5.29. The van der Waals surface area contributed by atoms with Crippen LogP contribution in [-0.4, -0.2) is 12.6 Å². The fourth-order valence-corrected chi connectivity index (χ4v) is 2.89. The van der Waals surface area contributed by atoms with Crippen molar-refractivity contribution in [1.29, 1.82) is 0 Å². The maximum atomic E-state index is 3.68. The third-order valence-electron chi connectivity index (χ3n) is 3.68. The molecular formula is C15H22BrN. The molecule has 0 aromatic heterocycles. The molecule has 0 bridgehead atoms. The Morgan fingerprint density at radius 2 is 1.88 bits per heavy atom. The second-order valence-corrected chi connectivity index (χ2v) is 6.21. The van der Waals surface area contributed by atoms with Gasteiger partial charge < -0.3 is 5.32 Å². The van der Waals surface area contributed by atoms with E-state index in [9.17, 15) is 0 Å². The van der Waals surface area contributed by atoms with Crippen LogP contribution in [-0.2, 0) is 6.42 Å². The van der Waals surface area contributed by atoms with E-state index >= 15 is 0 Å². The van der Waals surface area contributed by atoms with Gasteiger partial charge in [-0.2, -0.15) is 0 Å². The van der Waals surface area contributed by atoms with Crippen molar-refractivity contribution in [2.24, 2.45) is 5.92 Å². The van der Waals surface area contributed by atoms with Crippen LogP contribution < -0.4 is 5.32 Å². The number of nitrogens with one attached hydrogen (secondary N) is 1. The Hall–Kier alpha value is -0.340. The first kappa shape index (κ1) is 13.1. The topological polar surface area (TPSA) is 12.0 Å². The van der Waals surface area contributed by atoms with Crippen molar-refractivity contribution in [3.63, 3.8) is 0 Å². The molecule has 0 heterocycles. The highest BCUT2D eigenvalue weighted by atomic mass is 79.9. The SMILES string of the molecule is CC(Cc1ccc(Br)cc1)NCC1CCCC1. The third-order valence-corrected chi connectivity index (χ3v) is 4.21. The molecule has 0 radical (unpaired) electrons. The minimum atomic E-state index is 0.580. The first-order chi connectivity index (χ1) is 8.24. The first-order valence-corrected chi connectivity index (χ1v) is 7.51. The highest BCUT2D eigenvalue weighted by Crippen LogP contribution is 2.23. The highest BCUT2D eigenvalue weighted by molar-refractivity contribution is 9.10. The summed E-state index contributed by atoms with van der Waals surface area (Å²) in [6.45, 7) is 3.49. The number of rotatable bonds is 5. The van der Waals surface area contributed by atoms with Gasteiger partial charge in [-0.15, -0.1) is 0 Å². The van der Waals surface area contributed by atoms with Gasteiger partial charge in [0.2, 0.25) is 0 Å². The summed E-state index contributed by atoms with van der Waals surface area (Å²) >= 11 is 3.47. The van der Waals surface area contributed by atoms with Crippen molar-refractivity contribution in [3.05, 3.63) is 34.3 Å². The van der Waals surface area contributed by atoms with Gasteiger partial charge in [-0.25, -0.2) is 0 Å². The molecule has 1 unspecified atom stereocenters. The fourth-order valence-electron chi connectivity index (χ4n) is 2.63. The summed E-state index contributed by atoms with van der Waals surface area (Å²) in [7, 11) is 0. The van der Waals surface area contributed by atoms with E-state index in [0.29, 0.717) is 6.04 Å². The van der Waals surface area contributed by atoms with Crippen LogP contribution >= 0.6 is 15.9 Å². The molecule has 1 fully saturated rings. The van der Waals surface area contributed by atoms with Gasteiger partial charge in [-0.3, -0.25) is 0 Å². The Balaban J connectivity index is 1.72. The normalized spacial score (nSPS) is 18.5. The van der Waals surface area contributed by atoms with E-state index in [1.54, 1.807) is 0 Å². The molecule has 1 saturated carbocycles. The summed E-state index contributed by atoms with van der Waals surface area (Å²) < 4.78 is 1.16. The van der Waals surface area contributed by atoms with Gasteiger partial charge in [-0.05, 0) is 56.3 Å². The van der Waals surface area contributed by atoms with Gasteiger partial charge >= 0.3 is 0 Å². The van der Waals surface area contributed by atoms with Crippen molar-refractivity contribution >= 4 is 15.9 Å². The van der Waals surface area contributed by atoms with Crippen LogP contribution in [0.4, 0.5) is 0 Å². The predicted octanol–water partition coefficient (Wildman–Crippen LogP) is 4.16. The van der Waals surface area contributed by atoms with E-state index in [1.807, 2.05) is 0 Å². The minimum Gasteiger partial charge on any atom is -0.314 e. The quantitative estimate of drug-likeness (QED) is 0.860. The van der Waals surface area contributed by atoms with Gasteiger partial charge in [0.25, 0.3) is 0 Å². The molecule has 94 valence electrons. The molecule has 1 aliphatic rings. The fraction of sp³-hybridized carbons (Fsp3) is 0.600. The zero-order valence-corrected chi connectivity index (χ0v) is 12.2. The molecule has 1 N–H and O–H groups in total. The molecule has 1 nitrogen and oxygen atoms in total. The summed E-state index contributed by atoms with van der Waals surface area (Å²) in [5.41, 5.74) is 1.42. The average molecular weight is 296 g/mol. The van der Waals surface area contributed by atoms with Crippen LogP contribution in [0.2, 0.25) is 0 Å². The highest BCUT2D eigenvalue weighted by Gasteiger charge is 2.15. The summed E-state index contributed by atoms with van der Waals surface area (Å²) in [5, 5.41) is 3.68. The Morgan fingerprint density at radius 1 is 1.24 bits per heavy atom. The molecule has 0 aliphatic heterocycles. The Labute approximate surface area is 113 Å². The molecule has 17 heavy (non-hydrogen) atoms. The lowest BCUT2D eigenvalue weighted by Crippen LogP contribution is -2.32. The predicted molar refractivity (Wildman–Crippen MR) is 77.3 cm³/mol. The largest absolute Gasteiger partial charge is 0.314 e. The zero-order valence-electron chi connectivity index (χ0n) is 10.6. The molecule has 1 atom stereocenters. The lowest BCUT2D eigenvalue weighted by molar-refractivity contribution is 0.444. The standard InChI is InChI=1S/C15H22BrN/c1-12(17-11-14-4-2-3-5-14)10-13-6-8-15(16)9-7-13/h6-9,12,14,17H,2-5,10-11H2,1H3. The Bertz CT molecular complexity index is 327. The van der Waals surface area contributed by atoms with E-state index < -0.39 is 0 Å². The number of halogens is 1. The van der Waals surface area contributed by atoms with Crippen LogP contribution in [0.25, 0.3) is 0 Å². The molecule has 0 saturated heterocycles. The number of benzene rings is 1. The Morgan fingerprint density at radius 3 is 2.53 bits per heavy atom. The molecule has 1 aromatic rings. The smallest absolute Gasteiger partial charge is 0.0175 e. The van der Waals surface area contributed by atoms with E-state index in [2.05, 4.69) is 52.4 Å². The molecule has 1 aromatic carbocycles. The monoisotopic (exact) mass is 295 g/mol. The van der Waals surface area contributed by atoms with Gasteiger partial charge in [0.1, 0.15) is 0 Å². The molecule has 2 rings (SSSR count). The van der Waals surface area contributed by atoms with Crippen molar-refractivity contribution in [3.8, 4) is 0 Å². The van der Waals surface area contributed by atoms with Crippen LogP contribution in [0.3, 0.4) is 0 Å². The summed E-state index contributed by atoms with van der Waals surface area (Å²) in [5.74, 6) is 0.933. The van der Waals surface area contributed by atoms with Crippen molar-refractivity contribution < 1.29 is 0 Å². The van der Waals surface area contributed by atoms with Crippen LogP contribution in [0.1, 0.15) is 38.2 Å². The summed E-state index contributed by atoms with van der Waals surface area (Å²) in [4.78, 5) is 0. The van der Waals surface area contributed by atoms with E-state index in [0.717, 1.165) is 16.8 Å². The first-order valence-electron chi connectivity index (χ1n) is 6.72. The lowest BCUT2D eigenvalue weighted by Gasteiger charge is -2.17. The minimum absolute atomic E-state index is 0.580. The Kier molecular flexibility index (Phi) is 5.05. The molecule has 0 amide bonds. The molecule has 2 heteroatoms. The second kappa shape index (κ2) is 6.55. The molecular weight excluding hydrogens is 274 g/mol. The maximum Gasteiger partial charge on any atom is 0.0175 e. The van der Waals surface area contributed by atoms with E-state index in [-0.39, 0.29) is 0 Å². The maximum absolute atomic E-state index is 3.68. The van der Waals surface area contributed by atoms with Gasteiger partial charge in [-0.1, -0.05) is 40.9 Å². The van der Waals surface area contributed by atoms with Gasteiger partial charge in [0.05, 0.1) is 0 Å². The van der Waals surface area contributed by atoms with Gasteiger partial charge in [0.15, 0.2) is 0 Å². The molecule has 1 aliphatic carbocycles.